The molecule has 2 N–H and O–H groups in total. The molecule has 2 nitrogen and oxygen atoms in total. The van der Waals surface area contributed by atoms with Gasteiger partial charge in [-0.05, 0) is 28.7 Å². The predicted molar refractivity (Wildman–Crippen MR) is 88.2 cm³/mol. The fourth-order valence-electron chi connectivity index (χ4n) is 2.31. The van der Waals surface area contributed by atoms with Gasteiger partial charge in [0, 0.05) is 28.3 Å². The van der Waals surface area contributed by atoms with Gasteiger partial charge < -0.3 is 5.73 Å². The summed E-state index contributed by atoms with van der Waals surface area (Å²) in [6.07, 6.45) is 0.995. The first kappa shape index (κ1) is 15.2. The molecule has 20 heavy (non-hydrogen) atoms. The molecule has 2 atom stereocenters. The Labute approximate surface area is 123 Å². The van der Waals surface area contributed by atoms with Crippen LogP contribution in [0.4, 0.5) is 0 Å². The molecule has 2 aromatic carbocycles. The third kappa shape index (κ3) is 3.90. The van der Waals surface area contributed by atoms with E-state index < -0.39 is 10.8 Å². The van der Waals surface area contributed by atoms with Crippen LogP contribution < -0.4 is 5.73 Å². The Morgan fingerprint density at radius 1 is 1.10 bits per heavy atom. The molecule has 0 fully saturated rings. The van der Waals surface area contributed by atoms with Gasteiger partial charge in [0.1, 0.15) is 0 Å². The van der Waals surface area contributed by atoms with Crippen molar-refractivity contribution in [1.82, 2.24) is 0 Å². The van der Waals surface area contributed by atoms with Crippen molar-refractivity contribution in [3.05, 3.63) is 48.0 Å². The van der Waals surface area contributed by atoms with Crippen LogP contribution in [0, 0.1) is 5.92 Å². The van der Waals surface area contributed by atoms with E-state index in [0.29, 0.717) is 11.7 Å². The molecule has 0 amide bonds. The SMILES string of the molecule is CC(C)CCS(=O)CC(N)c1cccc2ccccc12. The van der Waals surface area contributed by atoms with Gasteiger partial charge in [-0.15, -0.1) is 0 Å². The molecule has 0 aromatic heterocycles. The Hall–Kier alpha value is -1.19. The van der Waals surface area contributed by atoms with Gasteiger partial charge in [-0.3, -0.25) is 4.21 Å². The van der Waals surface area contributed by atoms with Gasteiger partial charge in [0.15, 0.2) is 0 Å². The van der Waals surface area contributed by atoms with Crippen LogP contribution in [0.15, 0.2) is 42.5 Å². The minimum absolute atomic E-state index is 0.158. The van der Waals surface area contributed by atoms with Crippen molar-refractivity contribution in [3.8, 4) is 0 Å². The van der Waals surface area contributed by atoms with Crippen molar-refractivity contribution in [2.24, 2.45) is 11.7 Å². The number of rotatable bonds is 6. The van der Waals surface area contributed by atoms with E-state index in [1.807, 2.05) is 24.3 Å². The molecule has 0 aliphatic rings. The molecule has 2 rings (SSSR count). The predicted octanol–water partition coefficient (Wildman–Crippen LogP) is 3.63. The first-order valence-electron chi connectivity index (χ1n) is 7.16. The van der Waals surface area contributed by atoms with Crippen LogP contribution >= 0.6 is 0 Å². The normalized spacial score (nSPS) is 14.6. The van der Waals surface area contributed by atoms with Crippen LogP contribution in [0.3, 0.4) is 0 Å². The van der Waals surface area contributed by atoms with Crippen molar-refractivity contribution >= 4 is 21.6 Å². The van der Waals surface area contributed by atoms with Crippen molar-refractivity contribution in [2.75, 3.05) is 11.5 Å². The van der Waals surface area contributed by atoms with Crippen molar-refractivity contribution in [2.45, 2.75) is 26.3 Å². The van der Waals surface area contributed by atoms with Crippen LogP contribution in [0.1, 0.15) is 31.9 Å². The molecule has 108 valence electrons. The summed E-state index contributed by atoms with van der Waals surface area (Å²) in [4.78, 5) is 0. The number of nitrogens with two attached hydrogens (primary N) is 1. The number of hydrogen-bond acceptors (Lipinski definition) is 2. The molecule has 2 aromatic rings. The summed E-state index contributed by atoms with van der Waals surface area (Å²) in [5.41, 5.74) is 7.37. The Bertz CT molecular complexity index is 589. The molecular weight excluding hydrogens is 266 g/mol. The molecule has 0 aliphatic heterocycles. The molecule has 3 heteroatoms. The highest BCUT2D eigenvalue weighted by atomic mass is 32.2. The largest absolute Gasteiger partial charge is 0.323 e. The third-order valence-electron chi connectivity index (χ3n) is 3.51. The summed E-state index contributed by atoms with van der Waals surface area (Å²) >= 11 is 0. The summed E-state index contributed by atoms with van der Waals surface area (Å²) in [7, 11) is -0.839. The summed E-state index contributed by atoms with van der Waals surface area (Å²) in [6, 6.07) is 14.2. The third-order valence-corrected chi connectivity index (χ3v) is 4.93. The van der Waals surface area contributed by atoms with Gasteiger partial charge in [-0.25, -0.2) is 0 Å². The Balaban J connectivity index is 2.11. The first-order valence-corrected chi connectivity index (χ1v) is 8.65. The van der Waals surface area contributed by atoms with E-state index in [9.17, 15) is 4.21 Å². The van der Waals surface area contributed by atoms with E-state index in [0.717, 1.165) is 17.7 Å². The molecule has 0 saturated carbocycles. The molecule has 0 bridgehead atoms. The topological polar surface area (TPSA) is 43.1 Å². The van der Waals surface area contributed by atoms with E-state index in [4.69, 9.17) is 5.73 Å². The minimum Gasteiger partial charge on any atom is -0.323 e. The molecule has 0 saturated heterocycles. The zero-order valence-corrected chi connectivity index (χ0v) is 13.0. The number of benzene rings is 2. The molecule has 0 heterocycles. The average Bonchev–Trinajstić information content (AvgIpc) is 2.44. The van der Waals surface area contributed by atoms with Gasteiger partial charge in [-0.2, -0.15) is 0 Å². The highest BCUT2D eigenvalue weighted by Crippen LogP contribution is 2.23. The lowest BCUT2D eigenvalue weighted by molar-refractivity contribution is 0.617. The van der Waals surface area contributed by atoms with Crippen molar-refractivity contribution < 1.29 is 4.21 Å². The minimum atomic E-state index is -0.839. The molecule has 0 aliphatic carbocycles. The average molecular weight is 289 g/mol. The summed E-state index contributed by atoms with van der Waals surface area (Å²) < 4.78 is 12.1. The van der Waals surface area contributed by atoms with Crippen molar-refractivity contribution in [1.29, 1.82) is 0 Å². The van der Waals surface area contributed by atoms with Crippen LogP contribution in [-0.4, -0.2) is 15.7 Å². The zero-order valence-electron chi connectivity index (χ0n) is 12.2. The van der Waals surface area contributed by atoms with Gasteiger partial charge in [0.05, 0.1) is 0 Å². The van der Waals surface area contributed by atoms with Crippen LogP contribution in [0.5, 0.6) is 0 Å². The maximum Gasteiger partial charge on any atom is 0.0428 e. The van der Waals surface area contributed by atoms with Gasteiger partial charge in [0.2, 0.25) is 0 Å². The van der Waals surface area contributed by atoms with Crippen LogP contribution in [0.25, 0.3) is 10.8 Å². The fraction of sp³-hybridized carbons (Fsp3) is 0.412. The second-order valence-corrected chi connectivity index (χ2v) is 7.29. The maximum absolute atomic E-state index is 12.1. The van der Waals surface area contributed by atoms with E-state index in [2.05, 4.69) is 32.0 Å². The van der Waals surface area contributed by atoms with Gasteiger partial charge >= 0.3 is 0 Å². The second-order valence-electron chi connectivity index (χ2n) is 5.67. The highest BCUT2D eigenvalue weighted by molar-refractivity contribution is 7.85. The quantitative estimate of drug-likeness (QED) is 0.882. The standard InChI is InChI=1S/C17H23NOS/c1-13(2)10-11-20(19)12-17(18)16-9-5-7-14-6-3-4-8-15(14)16/h3-9,13,17H,10-12,18H2,1-2H3. The summed E-state index contributed by atoms with van der Waals surface area (Å²) in [5.74, 6) is 1.88. The number of hydrogen-bond donors (Lipinski definition) is 1. The maximum atomic E-state index is 12.1. The zero-order chi connectivity index (χ0) is 14.5. The van der Waals surface area contributed by atoms with Gasteiger partial charge in [0.25, 0.3) is 0 Å². The highest BCUT2D eigenvalue weighted by Gasteiger charge is 2.13. The Kier molecular flexibility index (Phi) is 5.32. The molecule has 0 radical (unpaired) electrons. The second kappa shape index (κ2) is 7.00. The fourth-order valence-corrected chi connectivity index (χ4v) is 3.80. The Morgan fingerprint density at radius 2 is 1.80 bits per heavy atom. The monoisotopic (exact) mass is 289 g/mol. The van der Waals surface area contributed by atoms with Crippen LogP contribution in [0.2, 0.25) is 0 Å². The number of fused-ring (bicyclic) bond motifs is 1. The van der Waals surface area contributed by atoms with Gasteiger partial charge in [-0.1, -0.05) is 56.3 Å². The lowest BCUT2D eigenvalue weighted by atomic mass is 10.0. The van der Waals surface area contributed by atoms with E-state index in [1.54, 1.807) is 0 Å². The van der Waals surface area contributed by atoms with E-state index >= 15 is 0 Å². The van der Waals surface area contributed by atoms with Crippen molar-refractivity contribution in [3.63, 3.8) is 0 Å². The van der Waals surface area contributed by atoms with E-state index in [1.165, 1.54) is 10.8 Å². The first-order chi connectivity index (χ1) is 9.58. The Morgan fingerprint density at radius 3 is 2.55 bits per heavy atom. The van der Waals surface area contributed by atoms with E-state index in [-0.39, 0.29) is 6.04 Å². The lowest BCUT2D eigenvalue weighted by Crippen LogP contribution is -2.20. The smallest absolute Gasteiger partial charge is 0.0428 e. The van der Waals surface area contributed by atoms with Crippen LogP contribution in [-0.2, 0) is 10.8 Å². The lowest BCUT2D eigenvalue weighted by Gasteiger charge is -2.15. The molecule has 0 spiro atoms. The molecular formula is C17H23NOS. The summed E-state index contributed by atoms with van der Waals surface area (Å²) in [6.45, 7) is 4.31. The molecule has 2 unspecified atom stereocenters. The summed E-state index contributed by atoms with van der Waals surface area (Å²) in [5, 5.41) is 2.36.